The van der Waals surface area contributed by atoms with Crippen LogP contribution in [0.5, 0.6) is 0 Å². The largest absolute Gasteiger partial charge is 0.361 e. The first-order chi connectivity index (χ1) is 13.0. The van der Waals surface area contributed by atoms with Crippen LogP contribution in [0.1, 0.15) is 28.1 Å². The fourth-order valence-electron chi connectivity index (χ4n) is 3.70. The number of aromatic nitrogens is 1. The molecule has 1 aromatic heterocycles. The maximum absolute atomic E-state index is 5.16. The van der Waals surface area contributed by atoms with Gasteiger partial charge in [-0.1, -0.05) is 34.5 Å². The predicted molar refractivity (Wildman–Crippen MR) is 109 cm³/mol. The molecule has 1 fully saturated rings. The van der Waals surface area contributed by atoms with E-state index in [9.17, 15) is 0 Å². The summed E-state index contributed by atoms with van der Waals surface area (Å²) in [4.78, 5) is 9.23. The average molecular weight is 370 g/mol. The summed E-state index contributed by atoms with van der Waals surface area (Å²) < 4.78 is 5.16. The maximum atomic E-state index is 5.16. The van der Waals surface area contributed by atoms with Crippen molar-refractivity contribution in [2.45, 2.75) is 33.7 Å². The SMILES string of the molecule is CN=C(NCCc1cc(C)cc(C)c1)N1CCN(Cc2cc(C)on2)CC1. The van der Waals surface area contributed by atoms with Crippen molar-refractivity contribution in [3.8, 4) is 0 Å². The standard InChI is InChI=1S/C21H31N5O/c1-16-11-17(2)13-19(12-16)5-6-23-21(22-4)26-9-7-25(8-10-26)15-20-14-18(3)27-24-20/h11-14H,5-10,15H2,1-4H3,(H,22,23). The smallest absolute Gasteiger partial charge is 0.193 e. The minimum absolute atomic E-state index is 0.851. The molecule has 0 bridgehead atoms. The fourth-order valence-corrected chi connectivity index (χ4v) is 3.70. The first kappa shape index (κ1) is 19.4. The van der Waals surface area contributed by atoms with Gasteiger partial charge in [0.25, 0.3) is 0 Å². The van der Waals surface area contributed by atoms with Crippen molar-refractivity contribution in [2.24, 2.45) is 4.99 Å². The lowest BCUT2D eigenvalue weighted by atomic mass is 10.1. The molecule has 0 atom stereocenters. The third-order valence-electron chi connectivity index (χ3n) is 4.92. The zero-order valence-corrected chi connectivity index (χ0v) is 17.0. The molecule has 27 heavy (non-hydrogen) atoms. The van der Waals surface area contributed by atoms with E-state index in [0.29, 0.717) is 0 Å². The summed E-state index contributed by atoms with van der Waals surface area (Å²) in [7, 11) is 1.86. The molecule has 1 aromatic carbocycles. The Bertz CT molecular complexity index is 754. The van der Waals surface area contributed by atoms with E-state index in [2.05, 4.69) is 57.3 Å². The molecule has 0 radical (unpaired) electrons. The van der Waals surface area contributed by atoms with Gasteiger partial charge in [-0.25, -0.2) is 0 Å². The molecule has 3 rings (SSSR count). The molecule has 1 aliphatic heterocycles. The molecule has 2 heterocycles. The van der Waals surface area contributed by atoms with Gasteiger partial charge in [0.05, 0.1) is 5.69 Å². The van der Waals surface area contributed by atoms with Gasteiger partial charge in [-0.15, -0.1) is 0 Å². The number of guanidine groups is 1. The van der Waals surface area contributed by atoms with Gasteiger partial charge in [-0.2, -0.15) is 0 Å². The minimum Gasteiger partial charge on any atom is -0.361 e. The molecule has 0 amide bonds. The Kier molecular flexibility index (Phi) is 6.50. The Balaban J connectivity index is 1.44. The van der Waals surface area contributed by atoms with Gasteiger partial charge in [-0.05, 0) is 32.8 Å². The molecule has 2 aromatic rings. The number of aryl methyl sites for hydroxylation is 3. The van der Waals surface area contributed by atoms with E-state index in [0.717, 1.165) is 63.1 Å². The Morgan fingerprint density at radius 2 is 1.78 bits per heavy atom. The van der Waals surface area contributed by atoms with E-state index < -0.39 is 0 Å². The van der Waals surface area contributed by atoms with E-state index in [1.165, 1.54) is 16.7 Å². The fraction of sp³-hybridized carbons (Fsp3) is 0.524. The average Bonchev–Trinajstić information content (AvgIpc) is 3.04. The van der Waals surface area contributed by atoms with Crippen molar-refractivity contribution < 1.29 is 4.52 Å². The summed E-state index contributed by atoms with van der Waals surface area (Å²) >= 11 is 0. The van der Waals surface area contributed by atoms with Crippen LogP contribution in [-0.2, 0) is 13.0 Å². The quantitative estimate of drug-likeness (QED) is 0.648. The number of hydrogen-bond acceptors (Lipinski definition) is 4. The summed E-state index contributed by atoms with van der Waals surface area (Å²) in [6.45, 7) is 11.9. The number of benzene rings is 1. The Morgan fingerprint density at radius 3 is 2.37 bits per heavy atom. The zero-order chi connectivity index (χ0) is 19.2. The molecule has 0 aliphatic carbocycles. The Hall–Kier alpha value is -2.34. The zero-order valence-electron chi connectivity index (χ0n) is 17.0. The van der Waals surface area contributed by atoms with Crippen LogP contribution < -0.4 is 5.32 Å². The van der Waals surface area contributed by atoms with Gasteiger partial charge in [-0.3, -0.25) is 9.89 Å². The van der Waals surface area contributed by atoms with Crippen molar-refractivity contribution in [1.29, 1.82) is 0 Å². The monoisotopic (exact) mass is 369 g/mol. The first-order valence-corrected chi connectivity index (χ1v) is 9.71. The molecular formula is C21H31N5O. The van der Waals surface area contributed by atoms with Gasteiger partial charge in [0.15, 0.2) is 5.96 Å². The first-order valence-electron chi connectivity index (χ1n) is 9.71. The van der Waals surface area contributed by atoms with Crippen LogP contribution in [0.15, 0.2) is 33.8 Å². The molecule has 6 nitrogen and oxygen atoms in total. The van der Waals surface area contributed by atoms with Gasteiger partial charge in [0, 0.05) is 52.4 Å². The molecule has 1 aliphatic rings. The highest BCUT2D eigenvalue weighted by Crippen LogP contribution is 2.10. The summed E-state index contributed by atoms with van der Waals surface area (Å²) in [6.07, 6.45) is 1.01. The lowest BCUT2D eigenvalue weighted by Gasteiger charge is -2.36. The van der Waals surface area contributed by atoms with Gasteiger partial charge in [0.1, 0.15) is 5.76 Å². The van der Waals surface area contributed by atoms with Gasteiger partial charge < -0.3 is 14.7 Å². The van der Waals surface area contributed by atoms with Gasteiger partial charge in [0.2, 0.25) is 0 Å². The minimum atomic E-state index is 0.851. The highest BCUT2D eigenvalue weighted by Gasteiger charge is 2.20. The van der Waals surface area contributed by atoms with Crippen LogP contribution >= 0.6 is 0 Å². The van der Waals surface area contributed by atoms with E-state index >= 15 is 0 Å². The molecule has 1 N–H and O–H groups in total. The second-order valence-corrected chi connectivity index (χ2v) is 7.41. The predicted octanol–water partition coefficient (Wildman–Crippen LogP) is 2.54. The number of aliphatic imine (C=N–C) groups is 1. The Labute approximate surface area is 162 Å². The molecule has 1 saturated heterocycles. The van der Waals surface area contributed by atoms with E-state index in [1.807, 2.05) is 20.0 Å². The van der Waals surface area contributed by atoms with E-state index in [-0.39, 0.29) is 0 Å². The topological polar surface area (TPSA) is 56.9 Å². The van der Waals surface area contributed by atoms with E-state index in [4.69, 9.17) is 4.52 Å². The number of piperazine rings is 1. The number of nitrogens with zero attached hydrogens (tertiary/aromatic N) is 4. The molecule has 146 valence electrons. The molecule has 0 unspecified atom stereocenters. The molecule has 0 spiro atoms. The third-order valence-corrected chi connectivity index (χ3v) is 4.92. The van der Waals surface area contributed by atoms with Crippen LogP contribution in [-0.4, -0.2) is 60.7 Å². The highest BCUT2D eigenvalue weighted by molar-refractivity contribution is 5.80. The normalized spacial score (nSPS) is 16.0. The van der Waals surface area contributed by atoms with Crippen LogP contribution in [0, 0.1) is 20.8 Å². The van der Waals surface area contributed by atoms with E-state index in [1.54, 1.807) is 0 Å². The number of hydrogen-bond donors (Lipinski definition) is 1. The van der Waals surface area contributed by atoms with Gasteiger partial charge >= 0.3 is 0 Å². The van der Waals surface area contributed by atoms with Crippen molar-refractivity contribution in [3.63, 3.8) is 0 Å². The molecule has 0 saturated carbocycles. The van der Waals surface area contributed by atoms with Crippen LogP contribution in [0.2, 0.25) is 0 Å². The van der Waals surface area contributed by atoms with Crippen LogP contribution in [0.4, 0.5) is 0 Å². The number of nitrogens with one attached hydrogen (secondary N) is 1. The molecular weight excluding hydrogens is 338 g/mol. The summed E-state index contributed by atoms with van der Waals surface area (Å²) in [5.41, 5.74) is 5.04. The van der Waals surface area contributed by atoms with Crippen LogP contribution in [0.25, 0.3) is 0 Å². The lowest BCUT2D eigenvalue weighted by Crippen LogP contribution is -2.52. The second-order valence-electron chi connectivity index (χ2n) is 7.41. The van der Waals surface area contributed by atoms with Crippen molar-refractivity contribution in [2.75, 3.05) is 39.8 Å². The third kappa shape index (κ3) is 5.57. The summed E-state index contributed by atoms with van der Waals surface area (Å²) in [5.74, 6) is 1.87. The lowest BCUT2D eigenvalue weighted by molar-refractivity contribution is 0.169. The molecule has 6 heteroatoms. The Morgan fingerprint density at radius 1 is 1.07 bits per heavy atom. The number of rotatable bonds is 5. The summed E-state index contributed by atoms with van der Waals surface area (Å²) in [6, 6.07) is 8.76. The van der Waals surface area contributed by atoms with Crippen molar-refractivity contribution in [1.82, 2.24) is 20.3 Å². The highest BCUT2D eigenvalue weighted by atomic mass is 16.5. The van der Waals surface area contributed by atoms with Crippen molar-refractivity contribution >= 4 is 5.96 Å². The maximum Gasteiger partial charge on any atom is 0.193 e. The van der Waals surface area contributed by atoms with Crippen LogP contribution in [0.3, 0.4) is 0 Å². The van der Waals surface area contributed by atoms with Crippen molar-refractivity contribution in [3.05, 3.63) is 52.4 Å². The summed E-state index contributed by atoms with van der Waals surface area (Å²) in [5, 5.41) is 7.62. The second kappa shape index (κ2) is 9.04.